The van der Waals surface area contributed by atoms with Gasteiger partial charge < -0.3 is 10.2 Å². The highest BCUT2D eigenvalue weighted by molar-refractivity contribution is 9.10. The van der Waals surface area contributed by atoms with Crippen molar-refractivity contribution in [3.8, 4) is 11.3 Å². The summed E-state index contributed by atoms with van der Waals surface area (Å²) in [6, 6.07) is 7.45. The molecule has 1 aromatic heterocycles. The molecule has 1 aliphatic heterocycles. The van der Waals surface area contributed by atoms with Crippen LogP contribution in [-0.2, 0) is 9.59 Å². The summed E-state index contributed by atoms with van der Waals surface area (Å²) in [4.78, 5) is 46.1. The first-order chi connectivity index (χ1) is 12.8. The molecule has 3 rings (SSSR count). The van der Waals surface area contributed by atoms with E-state index in [2.05, 4.69) is 15.9 Å². The van der Waals surface area contributed by atoms with Crippen molar-refractivity contribution >= 4 is 56.5 Å². The standard InChI is InChI=1S/C16H10BrN3O6S/c17-11-5-8(20(24)25)1-3-10(11)12-4-2-9(26-12)6-13-15(22)19(7-14(18)21)16(23)27-13/h1-6H,7H2,(H2,18,21)/b13-6-. The Bertz CT molecular complexity index is 1020. The molecule has 27 heavy (non-hydrogen) atoms. The fraction of sp³-hybridized carbons (Fsp3) is 0.0625. The van der Waals surface area contributed by atoms with Gasteiger partial charge >= 0.3 is 0 Å². The van der Waals surface area contributed by atoms with Gasteiger partial charge in [0.1, 0.15) is 18.1 Å². The minimum atomic E-state index is -0.790. The Kier molecular flexibility index (Phi) is 5.15. The molecular formula is C16H10BrN3O6S. The molecule has 0 saturated carbocycles. The first kappa shape index (κ1) is 18.9. The van der Waals surface area contributed by atoms with Crippen LogP contribution in [0.1, 0.15) is 5.76 Å². The molecule has 0 spiro atoms. The van der Waals surface area contributed by atoms with Gasteiger partial charge in [-0.05, 0) is 45.9 Å². The van der Waals surface area contributed by atoms with Gasteiger partial charge in [0.25, 0.3) is 16.8 Å². The molecule has 0 radical (unpaired) electrons. The van der Waals surface area contributed by atoms with Crippen molar-refractivity contribution in [2.45, 2.75) is 0 Å². The van der Waals surface area contributed by atoms with Gasteiger partial charge in [-0.25, -0.2) is 0 Å². The zero-order valence-electron chi connectivity index (χ0n) is 13.4. The maximum absolute atomic E-state index is 12.2. The summed E-state index contributed by atoms with van der Waals surface area (Å²) in [5, 5.41) is 10.2. The van der Waals surface area contributed by atoms with E-state index in [1.807, 2.05) is 0 Å². The van der Waals surface area contributed by atoms with Crippen LogP contribution in [0.15, 0.2) is 44.1 Å². The molecule has 2 aromatic rings. The summed E-state index contributed by atoms with van der Waals surface area (Å²) in [6.45, 7) is -0.485. The molecule has 138 valence electrons. The summed E-state index contributed by atoms with van der Waals surface area (Å²) in [6.07, 6.45) is 1.38. The number of imide groups is 1. The third kappa shape index (κ3) is 3.93. The summed E-state index contributed by atoms with van der Waals surface area (Å²) in [7, 11) is 0. The van der Waals surface area contributed by atoms with Gasteiger partial charge in [-0.2, -0.15) is 0 Å². The predicted molar refractivity (Wildman–Crippen MR) is 100 cm³/mol. The first-order valence-corrected chi connectivity index (χ1v) is 8.95. The molecule has 1 aliphatic rings. The summed E-state index contributed by atoms with van der Waals surface area (Å²) in [5.74, 6) is -0.695. The summed E-state index contributed by atoms with van der Waals surface area (Å²) < 4.78 is 6.12. The van der Waals surface area contributed by atoms with Crippen molar-refractivity contribution in [3.05, 3.63) is 55.6 Å². The van der Waals surface area contributed by atoms with E-state index in [0.717, 1.165) is 4.90 Å². The second kappa shape index (κ2) is 7.37. The maximum atomic E-state index is 12.2. The minimum absolute atomic E-state index is 0.0690. The Labute approximate surface area is 164 Å². The molecule has 1 fully saturated rings. The Hall–Kier alpha value is -2.92. The van der Waals surface area contributed by atoms with Gasteiger partial charge in [0, 0.05) is 28.2 Å². The summed E-state index contributed by atoms with van der Waals surface area (Å²) >= 11 is 3.94. The highest BCUT2D eigenvalue weighted by Crippen LogP contribution is 2.35. The molecule has 1 saturated heterocycles. The fourth-order valence-electron chi connectivity index (χ4n) is 2.31. The van der Waals surface area contributed by atoms with Crippen molar-refractivity contribution < 1.29 is 23.7 Å². The second-order valence-corrected chi connectivity index (χ2v) is 7.20. The Morgan fingerprint density at radius 2 is 2.07 bits per heavy atom. The van der Waals surface area contributed by atoms with Gasteiger partial charge in [0.15, 0.2) is 0 Å². The lowest BCUT2D eigenvalue weighted by atomic mass is 10.1. The Morgan fingerprint density at radius 3 is 2.70 bits per heavy atom. The molecule has 2 N–H and O–H groups in total. The highest BCUT2D eigenvalue weighted by Gasteiger charge is 2.36. The number of amides is 3. The van der Waals surface area contributed by atoms with Crippen LogP contribution in [0.2, 0.25) is 0 Å². The quantitative estimate of drug-likeness (QED) is 0.418. The van der Waals surface area contributed by atoms with E-state index in [1.165, 1.54) is 24.3 Å². The lowest BCUT2D eigenvalue weighted by Crippen LogP contribution is -2.36. The smallest absolute Gasteiger partial charge is 0.294 e. The largest absolute Gasteiger partial charge is 0.457 e. The van der Waals surface area contributed by atoms with E-state index >= 15 is 0 Å². The van der Waals surface area contributed by atoms with Crippen LogP contribution in [0.25, 0.3) is 17.4 Å². The van der Waals surface area contributed by atoms with Crippen LogP contribution < -0.4 is 5.73 Å². The zero-order chi connectivity index (χ0) is 19.7. The van der Waals surface area contributed by atoms with Gasteiger partial charge in [-0.3, -0.25) is 29.4 Å². The number of benzene rings is 1. The number of nitrogens with zero attached hydrogens (tertiary/aromatic N) is 2. The molecule has 0 atom stereocenters. The third-order valence-electron chi connectivity index (χ3n) is 3.52. The second-order valence-electron chi connectivity index (χ2n) is 5.36. The average molecular weight is 452 g/mol. The zero-order valence-corrected chi connectivity index (χ0v) is 15.8. The maximum Gasteiger partial charge on any atom is 0.294 e. The van der Waals surface area contributed by atoms with Crippen LogP contribution in [0.4, 0.5) is 10.5 Å². The van der Waals surface area contributed by atoms with E-state index in [0.29, 0.717) is 33.3 Å². The number of hydrogen-bond donors (Lipinski definition) is 1. The predicted octanol–water partition coefficient (Wildman–Crippen LogP) is 3.14. The van der Waals surface area contributed by atoms with E-state index in [-0.39, 0.29) is 10.6 Å². The summed E-state index contributed by atoms with van der Waals surface area (Å²) in [5.41, 5.74) is 5.54. The number of halogens is 1. The number of thioether (sulfide) groups is 1. The number of rotatable bonds is 5. The topological polar surface area (TPSA) is 137 Å². The van der Waals surface area contributed by atoms with Gasteiger partial charge in [-0.15, -0.1) is 0 Å². The third-order valence-corrected chi connectivity index (χ3v) is 5.08. The molecule has 3 amide bonds. The normalized spacial score (nSPS) is 15.6. The Morgan fingerprint density at radius 1 is 1.33 bits per heavy atom. The lowest BCUT2D eigenvalue weighted by Gasteiger charge is -2.08. The number of primary amides is 1. The van der Waals surface area contributed by atoms with E-state index in [4.69, 9.17) is 10.2 Å². The molecule has 1 aromatic carbocycles. The minimum Gasteiger partial charge on any atom is -0.457 e. The first-order valence-electron chi connectivity index (χ1n) is 7.34. The van der Waals surface area contributed by atoms with E-state index < -0.39 is 28.5 Å². The number of hydrogen-bond acceptors (Lipinski definition) is 7. The van der Waals surface area contributed by atoms with Crippen LogP contribution in [0.3, 0.4) is 0 Å². The van der Waals surface area contributed by atoms with Crippen LogP contribution in [0.5, 0.6) is 0 Å². The van der Waals surface area contributed by atoms with Crippen molar-refractivity contribution in [1.29, 1.82) is 0 Å². The highest BCUT2D eigenvalue weighted by atomic mass is 79.9. The molecule has 0 unspecified atom stereocenters. The number of carbonyl (C=O) groups is 3. The van der Waals surface area contributed by atoms with E-state index in [1.54, 1.807) is 12.1 Å². The lowest BCUT2D eigenvalue weighted by molar-refractivity contribution is -0.384. The molecule has 11 heteroatoms. The van der Waals surface area contributed by atoms with Crippen molar-refractivity contribution in [2.75, 3.05) is 6.54 Å². The number of furan rings is 1. The number of non-ortho nitro benzene ring substituents is 1. The van der Waals surface area contributed by atoms with Crippen LogP contribution in [-0.4, -0.2) is 33.4 Å². The average Bonchev–Trinajstić information content (AvgIpc) is 3.15. The molecule has 0 aliphatic carbocycles. The SMILES string of the molecule is NC(=O)CN1C(=O)S/C(=C\c2ccc(-c3ccc([N+](=O)[O-])cc3Br)o2)C1=O. The van der Waals surface area contributed by atoms with Gasteiger partial charge in [0.2, 0.25) is 5.91 Å². The van der Waals surface area contributed by atoms with Gasteiger partial charge in [0.05, 0.1) is 9.83 Å². The molecule has 0 bridgehead atoms. The molecular weight excluding hydrogens is 442 g/mol. The van der Waals surface area contributed by atoms with Crippen LogP contribution >= 0.6 is 27.7 Å². The van der Waals surface area contributed by atoms with Crippen LogP contribution in [0, 0.1) is 10.1 Å². The number of nitrogens with two attached hydrogens (primary N) is 1. The van der Waals surface area contributed by atoms with Crippen molar-refractivity contribution in [1.82, 2.24) is 4.90 Å². The molecule has 2 heterocycles. The molecule has 9 nitrogen and oxygen atoms in total. The monoisotopic (exact) mass is 451 g/mol. The number of nitro groups is 1. The Balaban J connectivity index is 1.86. The van der Waals surface area contributed by atoms with Crippen molar-refractivity contribution in [3.63, 3.8) is 0 Å². The fourth-order valence-corrected chi connectivity index (χ4v) is 3.69. The van der Waals surface area contributed by atoms with E-state index in [9.17, 15) is 24.5 Å². The number of nitro benzene ring substituents is 1. The van der Waals surface area contributed by atoms with Gasteiger partial charge in [-0.1, -0.05) is 0 Å². The number of carbonyl (C=O) groups excluding carboxylic acids is 3. The van der Waals surface area contributed by atoms with Crippen molar-refractivity contribution in [2.24, 2.45) is 5.73 Å².